The number of nitrogens with zero attached hydrogens (tertiary/aromatic N) is 2. The van der Waals surface area contributed by atoms with Crippen LogP contribution in [0.5, 0.6) is 0 Å². The van der Waals surface area contributed by atoms with Gasteiger partial charge in [-0.2, -0.15) is 10.2 Å². The molecule has 2 aromatic carbocycles. The second kappa shape index (κ2) is 5.47. The van der Waals surface area contributed by atoms with Crippen LogP contribution in [0.25, 0.3) is 0 Å². The van der Waals surface area contributed by atoms with Gasteiger partial charge in [0.2, 0.25) is 0 Å². The van der Waals surface area contributed by atoms with Crippen LogP contribution in [0.4, 0.5) is 11.4 Å². The molecule has 1 radical (unpaired) electrons. The Bertz CT molecular complexity index is 463. The average molecular weight is 227 g/mol. The molecule has 0 spiro atoms. The lowest BCUT2D eigenvalue weighted by Gasteiger charge is -1.95. The van der Waals surface area contributed by atoms with Gasteiger partial charge in [0, 0.05) is 5.75 Å². The van der Waals surface area contributed by atoms with Gasteiger partial charge in [-0.1, -0.05) is 43.0 Å². The molecule has 0 aliphatic rings. The van der Waals surface area contributed by atoms with E-state index in [9.17, 15) is 0 Å². The van der Waals surface area contributed by atoms with E-state index in [1.807, 2.05) is 54.6 Å². The molecule has 79 valence electrons. The predicted octanol–water partition coefficient (Wildman–Crippen LogP) is 4.80. The Morgan fingerprint density at radius 1 is 0.750 bits per heavy atom. The highest BCUT2D eigenvalue weighted by Crippen LogP contribution is 2.18. The summed E-state index contributed by atoms with van der Waals surface area (Å²) in [7, 11) is 0. The molecule has 0 saturated carbocycles. The van der Waals surface area contributed by atoms with Crippen LogP contribution in [0, 0.1) is 0 Å². The summed E-state index contributed by atoms with van der Waals surface area (Å²) >= 11 is 4.95. The van der Waals surface area contributed by atoms with Gasteiger partial charge >= 0.3 is 0 Å². The van der Waals surface area contributed by atoms with Crippen molar-refractivity contribution in [1.82, 2.24) is 0 Å². The molecular formula is C13H11N2S. The zero-order valence-electron chi connectivity index (χ0n) is 8.71. The number of azo groups is 1. The van der Waals surface area contributed by atoms with Crippen LogP contribution in [-0.2, 0) is 5.75 Å². The smallest absolute Gasteiger partial charge is 0.0857 e. The first kappa shape index (κ1) is 10.9. The van der Waals surface area contributed by atoms with Gasteiger partial charge in [0.1, 0.15) is 0 Å². The lowest BCUT2D eigenvalue weighted by atomic mass is 10.2. The van der Waals surface area contributed by atoms with Crippen LogP contribution < -0.4 is 0 Å². The minimum absolute atomic E-state index is 0.635. The molecule has 16 heavy (non-hydrogen) atoms. The van der Waals surface area contributed by atoms with Crippen molar-refractivity contribution < 1.29 is 0 Å². The summed E-state index contributed by atoms with van der Waals surface area (Å²) in [5.41, 5.74) is 2.83. The Morgan fingerprint density at radius 3 is 1.88 bits per heavy atom. The van der Waals surface area contributed by atoms with Gasteiger partial charge in [-0.05, 0) is 29.8 Å². The topological polar surface area (TPSA) is 24.7 Å². The highest BCUT2D eigenvalue weighted by molar-refractivity contribution is 7.79. The molecular weight excluding hydrogens is 216 g/mol. The van der Waals surface area contributed by atoms with Crippen LogP contribution in [-0.4, -0.2) is 0 Å². The third kappa shape index (κ3) is 2.94. The summed E-state index contributed by atoms with van der Waals surface area (Å²) in [6, 6.07) is 17.5. The van der Waals surface area contributed by atoms with Crippen LogP contribution in [0.3, 0.4) is 0 Å². The van der Waals surface area contributed by atoms with Crippen LogP contribution in [0.15, 0.2) is 64.8 Å². The molecule has 0 aliphatic heterocycles. The number of hydrogen-bond acceptors (Lipinski definition) is 2. The van der Waals surface area contributed by atoms with E-state index in [2.05, 4.69) is 10.2 Å². The largest absolute Gasteiger partial charge is 0.151 e. The normalized spacial score (nSPS) is 10.8. The molecule has 0 atom stereocenters. The van der Waals surface area contributed by atoms with E-state index in [1.165, 1.54) is 0 Å². The van der Waals surface area contributed by atoms with E-state index in [0.717, 1.165) is 16.9 Å². The molecule has 0 aliphatic carbocycles. The maximum atomic E-state index is 4.95. The quantitative estimate of drug-likeness (QED) is 0.673. The number of rotatable bonds is 3. The molecule has 3 heteroatoms. The Labute approximate surface area is 100 Å². The molecule has 0 aromatic heterocycles. The molecule has 0 unspecified atom stereocenters. The summed E-state index contributed by atoms with van der Waals surface area (Å²) < 4.78 is 0. The highest BCUT2D eigenvalue weighted by Gasteiger charge is 1.91. The van der Waals surface area contributed by atoms with E-state index in [4.69, 9.17) is 12.6 Å². The van der Waals surface area contributed by atoms with Crippen molar-refractivity contribution in [2.45, 2.75) is 5.75 Å². The zero-order valence-corrected chi connectivity index (χ0v) is 9.52. The monoisotopic (exact) mass is 227 g/mol. The molecule has 0 fully saturated rings. The highest BCUT2D eigenvalue weighted by atomic mass is 32.1. The van der Waals surface area contributed by atoms with Gasteiger partial charge < -0.3 is 0 Å². The number of benzene rings is 2. The molecule has 0 saturated heterocycles. The van der Waals surface area contributed by atoms with Crippen molar-refractivity contribution in [2.75, 3.05) is 0 Å². The average Bonchev–Trinajstić information content (AvgIpc) is 2.38. The van der Waals surface area contributed by atoms with Gasteiger partial charge in [-0.25, -0.2) is 0 Å². The van der Waals surface area contributed by atoms with E-state index in [-0.39, 0.29) is 0 Å². The first-order valence-electron chi connectivity index (χ1n) is 5.02. The minimum Gasteiger partial charge on any atom is -0.151 e. The molecule has 2 aromatic rings. The van der Waals surface area contributed by atoms with Crippen molar-refractivity contribution in [1.29, 1.82) is 0 Å². The van der Waals surface area contributed by atoms with E-state index in [0.29, 0.717) is 5.75 Å². The summed E-state index contributed by atoms with van der Waals surface area (Å²) in [6.07, 6.45) is 0. The van der Waals surface area contributed by atoms with Crippen molar-refractivity contribution >= 4 is 24.0 Å². The zero-order chi connectivity index (χ0) is 11.2. The Balaban J connectivity index is 2.12. The Kier molecular flexibility index (Phi) is 3.72. The second-order valence-electron chi connectivity index (χ2n) is 3.35. The van der Waals surface area contributed by atoms with Gasteiger partial charge in [-0.3, -0.25) is 0 Å². The van der Waals surface area contributed by atoms with Gasteiger partial charge in [0.25, 0.3) is 0 Å². The van der Waals surface area contributed by atoms with Crippen molar-refractivity contribution in [2.24, 2.45) is 10.2 Å². The van der Waals surface area contributed by atoms with Gasteiger partial charge in [0.15, 0.2) is 0 Å². The molecule has 0 heterocycles. The third-order valence-electron chi connectivity index (χ3n) is 2.14. The standard InChI is InChI=1S/C13H11N2S/c16-10-11-6-8-13(9-7-11)15-14-12-4-2-1-3-5-12/h1-9H,10H2/b15-14+. The van der Waals surface area contributed by atoms with Gasteiger partial charge in [-0.15, -0.1) is 0 Å². The van der Waals surface area contributed by atoms with E-state index >= 15 is 0 Å². The first-order chi connectivity index (χ1) is 7.88. The Morgan fingerprint density at radius 2 is 1.31 bits per heavy atom. The third-order valence-corrected chi connectivity index (χ3v) is 2.47. The minimum atomic E-state index is 0.635. The molecule has 0 N–H and O–H groups in total. The maximum Gasteiger partial charge on any atom is 0.0857 e. The van der Waals surface area contributed by atoms with Crippen molar-refractivity contribution in [3.05, 3.63) is 60.2 Å². The Hall–Kier alpha value is -1.61. The molecule has 0 bridgehead atoms. The summed E-state index contributed by atoms with van der Waals surface area (Å²) in [6.45, 7) is 0. The summed E-state index contributed by atoms with van der Waals surface area (Å²) in [5.74, 6) is 0.635. The fourth-order valence-electron chi connectivity index (χ4n) is 1.27. The summed E-state index contributed by atoms with van der Waals surface area (Å²) in [4.78, 5) is 0. The van der Waals surface area contributed by atoms with Crippen molar-refractivity contribution in [3.8, 4) is 0 Å². The molecule has 0 amide bonds. The van der Waals surface area contributed by atoms with Crippen LogP contribution in [0.1, 0.15) is 5.56 Å². The van der Waals surface area contributed by atoms with Gasteiger partial charge in [0.05, 0.1) is 11.4 Å². The number of hydrogen-bond donors (Lipinski definition) is 0. The van der Waals surface area contributed by atoms with E-state index in [1.54, 1.807) is 0 Å². The van der Waals surface area contributed by atoms with Crippen LogP contribution >= 0.6 is 12.6 Å². The van der Waals surface area contributed by atoms with E-state index < -0.39 is 0 Å². The predicted molar refractivity (Wildman–Crippen MR) is 68.4 cm³/mol. The maximum absolute atomic E-state index is 4.95. The molecule has 2 nitrogen and oxygen atoms in total. The van der Waals surface area contributed by atoms with Crippen molar-refractivity contribution in [3.63, 3.8) is 0 Å². The van der Waals surface area contributed by atoms with Crippen LogP contribution in [0.2, 0.25) is 0 Å². The summed E-state index contributed by atoms with van der Waals surface area (Å²) in [5, 5.41) is 8.27. The second-order valence-corrected chi connectivity index (χ2v) is 3.64. The lowest BCUT2D eigenvalue weighted by Crippen LogP contribution is -1.73. The fourth-order valence-corrected chi connectivity index (χ4v) is 1.46. The molecule has 2 rings (SSSR count). The SMILES string of the molecule is [S]Cc1ccc(/N=N/c2ccccc2)cc1. The fraction of sp³-hybridized carbons (Fsp3) is 0.0769. The first-order valence-corrected chi connectivity index (χ1v) is 5.60. The lowest BCUT2D eigenvalue weighted by molar-refractivity contribution is 1.23.